The van der Waals surface area contributed by atoms with Crippen molar-refractivity contribution in [3.63, 3.8) is 0 Å². The standard InChI is InChI=1S/C9H16N2OS/c1-3-5-10-9(13)11-8-4-6-12-7(8)2/h3,7-8H,1,4-6H2,2H3,(H2,10,11,13)/t7-,8-/m1/s1. The van der Waals surface area contributed by atoms with Crippen molar-refractivity contribution in [2.24, 2.45) is 0 Å². The Labute approximate surface area is 84.5 Å². The molecule has 74 valence electrons. The Morgan fingerprint density at radius 3 is 3.08 bits per heavy atom. The molecule has 2 atom stereocenters. The second-order valence-electron chi connectivity index (χ2n) is 3.11. The molecule has 0 unspecified atom stereocenters. The molecule has 0 spiro atoms. The summed E-state index contributed by atoms with van der Waals surface area (Å²) >= 11 is 5.08. The van der Waals surface area contributed by atoms with Crippen LogP contribution < -0.4 is 10.6 Å². The monoisotopic (exact) mass is 200 g/mol. The molecule has 0 aromatic carbocycles. The van der Waals surface area contributed by atoms with Gasteiger partial charge in [-0.3, -0.25) is 0 Å². The average Bonchev–Trinajstić information content (AvgIpc) is 2.48. The van der Waals surface area contributed by atoms with E-state index in [1.807, 2.05) is 0 Å². The van der Waals surface area contributed by atoms with E-state index in [4.69, 9.17) is 17.0 Å². The Morgan fingerprint density at radius 1 is 1.77 bits per heavy atom. The lowest BCUT2D eigenvalue weighted by Crippen LogP contribution is -2.44. The van der Waals surface area contributed by atoms with Gasteiger partial charge in [0.15, 0.2) is 5.11 Å². The molecule has 13 heavy (non-hydrogen) atoms. The zero-order chi connectivity index (χ0) is 9.68. The van der Waals surface area contributed by atoms with Crippen molar-refractivity contribution in [3.05, 3.63) is 12.7 Å². The van der Waals surface area contributed by atoms with Gasteiger partial charge in [-0.15, -0.1) is 6.58 Å². The van der Waals surface area contributed by atoms with E-state index in [-0.39, 0.29) is 6.10 Å². The van der Waals surface area contributed by atoms with Gasteiger partial charge in [-0.25, -0.2) is 0 Å². The van der Waals surface area contributed by atoms with Crippen LogP contribution in [0.2, 0.25) is 0 Å². The van der Waals surface area contributed by atoms with E-state index in [9.17, 15) is 0 Å². The van der Waals surface area contributed by atoms with Gasteiger partial charge < -0.3 is 15.4 Å². The first-order valence-electron chi connectivity index (χ1n) is 4.51. The van der Waals surface area contributed by atoms with Gasteiger partial charge in [-0.2, -0.15) is 0 Å². The third kappa shape index (κ3) is 3.32. The fourth-order valence-electron chi connectivity index (χ4n) is 1.31. The van der Waals surface area contributed by atoms with Crippen LogP contribution in [0.3, 0.4) is 0 Å². The largest absolute Gasteiger partial charge is 0.376 e. The van der Waals surface area contributed by atoms with Crippen molar-refractivity contribution in [1.29, 1.82) is 0 Å². The van der Waals surface area contributed by atoms with E-state index in [1.54, 1.807) is 6.08 Å². The lowest BCUT2D eigenvalue weighted by atomic mass is 10.2. The summed E-state index contributed by atoms with van der Waals surface area (Å²) in [7, 11) is 0. The van der Waals surface area contributed by atoms with E-state index < -0.39 is 0 Å². The quantitative estimate of drug-likeness (QED) is 0.522. The Hall–Kier alpha value is -0.610. The molecule has 1 fully saturated rings. The first-order valence-corrected chi connectivity index (χ1v) is 4.91. The van der Waals surface area contributed by atoms with Gasteiger partial charge in [0.25, 0.3) is 0 Å². The van der Waals surface area contributed by atoms with Crippen LogP contribution in [0.1, 0.15) is 13.3 Å². The van der Waals surface area contributed by atoms with Gasteiger partial charge in [-0.05, 0) is 25.6 Å². The molecule has 0 radical (unpaired) electrons. The number of hydrogen-bond donors (Lipinski definition) is 2. The second-order valence-corrected chi connectivity index (χ2v) is 3.52. The van der Waals surface area contributed by atoms with Gasteiger partial charge in [0.2, 0.25) is 0 Å². The summed E-state index contributed by atoms with van der Waals surface area (Å²) < 4.78 is 5.40. The SMILES string of the molecule is C=CCNC(=S)N[C@@H]1CCO[C@@H]1C. The average molecular weight is 200 g/mol. The lowest BCUT2D eigenvalue weighted by Gasteiger charge is -2.18. The Kier molecular flexibility index (Phi) is 4.18. The van der Waals surface area contributed by atoms with Crippen LogP contribution in [0.5, 0.6) is 0 Å². The summed E-state index contributed by atoms with van der Waals surface area (Å²) in [5.74, 6) is 0. The molecule has 0 bridgehead atoms. The maximum Gasteiger partial charge on any atom is 0.166 e. The van der Waals surface area contributed by atoms with Crippen LogP contribution >= 0.6 is 12.2 Å². The second kappa shape index (κ2) is 5.19. The zero-order valence-electron chi connectivity index (χ0n) is 7.88. The molecule has 0 aromatic heterocycles. The van der Waals surface area contributed by atoms with E-state index in [1.165, 1.54) is 0 Å². The molecular weight excluding hydrogens is 184 g/mol. The van der Waals surface area contributed by atoms with Crippen LogP contribution in [-0.4, -0.2) is 30.4 Å². The van der Waals surface area contributed by atoms with Crippen molar-refractivity contribution in [2.75, 3.05) is 13.2 Å². The molecule has 1 aliphatic rings. The summed E-state index contributed by atoms with van der Waals surface area (Å²) in [6.07, 6.45) is 3.06. The number of nitrogens with one attached hydrogen (secondary N) is 2. The topological polar surface area (TPSA) is 33.3 Å². The van der Waals surface area contributed by atoms with Gasteiger partial charge in [0.1, 0.15) is 0 Å². The fourth-order valence-corrected chi connectivity index (χ4v) is 1.54. The molecule has 2 N–H and O–H groups in total. The van der Waals surface area contributed by atoms with Crippen LogP contribution in [0, 0.1) is 0 Å². The molecule has 0 amide bonds. The molecule has 0 aromatic rings. The van der Waals surface area contributed by atoms with Gasteiger partial charge in [-0.1, -0.05) is 6.08 Å². The molecular formula is C9H16N2OS. The molecule has 3 nitrogen and oxygen atoms in total. The highest BCUT2D eigenvalue weighted by atomic mass is 32.1. The highest BCUT2D eigenvalue weighted by Gasteiger charge is 2.24. The Bertz CT molecular complexity index is 196. The molecule has 1 aliphatic heterocycles. The maximum absolute atomic E-state index is 5.40. The van der Waals surface area contributed by atoms with E-state index in [2.05, 4.69) is 24.1 Å². The minimum absolute atomic E-state index is 0.253. The Balaban J connectivity index is 2.22. The van der Waals surface area contributed by atoms with Crippen LogP contribution in [0.25, 0.3) is 0 Å². The number of ether oxygens (including phenoxy) is 1. The fraction of sp³-hybridized carbons (Fsp3) is 0.667. The smallest absolute Gasteiger partial charge is 0.166 e. The number of rotatable bonds is 3. The molecule has 0 aliphatic carbocycles. The predicted molar refractivity (Wildman–Crippen MR) is 57.8 cm³/mol. The predicted octanol–water partition coefficient (Wildman–Crippen LogP) is 0.814. The Morgan fingerprint density at radius 2 is 2.54 bits per heavy atom. The van der Waals surface area contributed by atoms with Gasteiger partial charge >= 0.3 is 0 Å². The minimum atomic E-state index is 0.253. The van der Waals surface area contributed by atoms with Crippen molar-refractivity contribution in [3.8, 4) is 0 Å². The van der Waals surface area contributed by atoms with Crippen molar-refractivity contribution < 1.29 is 4.74 Å². The van der Waals surface area contributed by atoms with E-state index in [0.717, 1.165) is 13.0 Å². The third-order valence-electron chi connectivity index (χ3n) is 2.10. The highest BCUT2D eigenvalue weighted by Crippen LogP contribution is 2.11. The minimum Gasteiger partial charge on any atom is -0.376 e. The maximum atomic E-state index is 5.40. The molecule has 1 heterocycles. The summed E-state index contributed by atoms with van der Waals surface area (Å²) in [5, 5.41) is 6.92. The summed E-state index contributed by atoms with van der Waals surface area (Å²) in [6, 6.07) is 0.352. The number of thiocarbonyl (C=S) groups is 1. The van der Waals surface area contributed by atoms with Crippen LogP contribution in [0.4, 0.5) is 0 Å². The molecule has 4 heteroatoms. The number of hydrogen-bond acceptors (Lipinski definition) is 2. The van der Waals surface area contributed by atoms with Crippen LogP contribution in [0.15, 0.2) is 12.7 Å². The van der Waals surface area contributed by atoms with Crippen molar-refractivity contribution in [1.82, 2.24) is 10.6 Å². The summed E-state index contributed by atoms with van der Waals surface area (Å²) in [5.41, 5.74) is 0. The summed E-state index contributed by atoms with van der Waals surface area (Å²) in [4.78, 5) is 0. The first-order chi connectivity index (χ1) is 6.24. The van der Waals surface area contributed by atoms with Crippen LogP contribution in [-0.2, 0) is 4.74 Å². The summed E-state index contributed by atoms with van der Waals surface area (Å²) in [6.45, 7) is 7.19. The normalized spacial score (nSPS) is 26.8. The van der Waals surface area contributed by atoms with E-state index in [0.29, 0.717) is 17.7 Å². The van der Waals surface area contributed by atoms with Gasteiger partial charge in [0.05, 0.1) is 12.1 Å². The van der Waals surface area contributed by atoms with Gasteiger partial charge in [0, 0.05) is 13.2 Å². The first kappa shape index (κ1) is 10.5. The third-order valence-corrected chi connectivity index (χ3v) is 2.36. The molecule has 1 rings (SSSR count). The molecule has 0 saturated carbocycles. The van der Waals surface area contributed by atoms with Crippen molar-refractivity contribution in [2.45, 2.75) is 25.5 Å². The van der Waals surface area contributed by atoms with Crippen molar-refractivity contribution >= 4 is 17.3 Å². The lowest BCUT2D eigenvalue weighted by molar-refractivity contribution is 0.116. The zero-order valence-corrected chi connectivity index (χ0v) is 8.69. The molecule has 1 saturated heterocycles. The van der Waals surface area contributed by atoms with E-state index >= 15 is 0 Å². The highest BCUT2D eigenvalue weighted by molar-refractivity contribution is 7.80.